The van der Waals surface area contributed by atoms with Gasteiger partial charge in [0, 0.05) is 31.3 Å². The molecule has 2 heterocycles. The first-order chi connectivity index (χ1) is 17.1. The Balaban J connectivity index is 1.39. The molecule has 3 aliphatic rings. The summed E-state index contributed by atoms with van der Waals surface area (Å²) in [5.41, 5.74) is 2.94. The SMILES string of the molecule is COCC1Nc2ccccc2[C@H]2[C@@H]1CCN2C(=O)[C@H]1CCCC[C@H]1NC(=O)c1ccccc1C#N. The number of hydrogen-bond donors (Lipinski definition) is 2. The second kappa shape index (κ2) is 10.1. The molecule has 0 spiro atoms. The maximum atomic E-state index is 14.1. The van der Waals surface area contributed by atoms with Crippen molar-refractivity contribution in [3.05, 3.63) is 65.2 Å². The molecule has 5 rings (SSSR count). The van der Waals surface area contributed by atoms with Crippen molar-refractivity contribution in [2.45, 2.75) is 50.2 Å². The lowest BCUT2D eigenvalue weighted by molar-refractivity contribution is -0.139. The lowest BCUT2D eigenvalue weighted by atomic mass is 9.81. The van der Waals surface area contributed by atoms with Crippen molar-refractivity contribution in [2.24, 2.45) is 11.8 Å². The summed E-state index contributed by atoms with van der Waals surface area (Å²) in [6.07, 6.45) is 4.40. The molecule has 2 amide bonds. The van der Waals surface area contributed by atoms with E-state index in [1.807, 2.05) is 12.1 Å². The van der Waals surface area contributed by atoms with Crippen LogP contribution in [0.15, 0.2) is 48.5 Å². The van der Waals surface area contributed by atoms with Gasteiger partial charge in [0.05, 0.1) is 41.8 Å². The Morgan fingerprint density at radius 3 is 2.71 bits per heavy atom. The molecule has 2 aromatic rings. The number of amides is 2. The van der Waals surface area contributed by atoms with Crippen LogP contribution in [-0.2, 0) is 9.53 Å². The van der Waals surface area contributed by atoms with Gasteiger partial charge in [0.1, 0.15) is 0 Å². The van der Waals surface area contributed by atoms with Crippen LogP contribution >= 0.6 is 0 Å². The lowest BCUT2D eigenvalue weighted by Crippen LogP contribution is -2.50. The molecule has 0 radical (unpaired) electrons. The molecular weight excluding hydrogens is 440 g/mol. The molecule has 1 aliphatic carbocycles. The van der Waals surface area contributed by atoms with E-state index in [0.717, 1.165) is 43.4 Å². The predicted octanol–water partition coefficient (Wildman–Crippen LogP) is 3.88. The summed E-state index contributed by atoms with van der Waals surface area (Å²) in [5, 5.41) is 16.1. The third kappa shape index (κ3) is 4.39. The summed E-state index contributed by atoms with van der Waals surface area (Å²) in [4.78, 5) is 29.2. The number of ether oxygens (including phenoxy) is 1. The number of benzene rings is 2. The molecule has 1 unspecified atom stereocenters. The zero-order valence-corrected chi connectivity index (χ0v) is 20.1. The van der Waals surface area contributed by atoms with Crippen LogP contribution in [0.3, 0.4) is 0 Å². The van der Waals surface area contributed by atoms with E-state index in [-0.39, 0.29) is 41.8 Å². The fourth-order valence-corrected chi connectivity index (χ4v) is 6.26. The Kier molecular flexibility index (Phi) is 6.74. The van der Waals surface area contributed by atoms with Crippen molar-refractivity contribution in [2.75, 3.05) is 25.6 Å². The van der Waals surface area contributed by atoms with Crippen LogP contribution in [0.25, 0.3) is 0 Å². The minimum absolute atomic E-state index is 0.0118. The summed E-state index contributed by atoms with van der Waals surface area (Å²) >= 11 is 0. The Hall–Kier alpha value is -3.37. The molecule has 2 fully saturated rings. The maximum absolute atomic E-state index is 14.1. The predicted molar refractivity (Wildman–Crippen MR) is 133 cm³/mol. The Labute approximate surface area is 206 Å². The number of hydrogen-bond acceptors (Lipinski definition) is 5. The van der Waals surface area contributed by atoms with E-state index in [1.165, 1.54) is 0 Å². The molecule has 2 N–H and O–H groups in total. The van der Waals surface area contributed by atoms with E-state index in [2.05, 4.69) is 33.7 Å². The third-order valence-corrected chi connectivity index (χ3v) is 7.90. The van der Waals surface area contributed by atoms with Crippen molar-refractivity contribution >= 4 is 17.5 Å². The molecule has 5 atom stereocenters. The Morgan fingerprint density at radius 1 is 1.11 bits per heavy atom. The van der Waals surface area contributed by atoms with Gasteiger partial charge in [-0.3, -0.25) is 9.59 Å². The van der Waals surface area contributed by atoms with Crippen molar-refractivity contribution in [3.8, 4) is 6.07 Å². The minimum atomic E-state index is -0.279. The van der Waals surface area contributed by atoms with Crippen LogP contribution in [0.4, 0.5) is 5.69 Å². The topological polar surface area (TPSA) is 94.5 Å². The van der Waals surface area contributed by atoms with Crippen molar-refractivity contribution < 1.29 is 14.3 Å². The molecule has 1 saturated carbocycles. The van der Waals surface area contributed by atoms with Gasteiger partial charge in [-0.1, -0.05) is 43.2 Å². The normalized spacial score (nSPS) is 27.2. The number of nitriles is 1. The number of nitrogens with one attached hydrogen (secondary N) is 2. The molecule has 1 saturated heterocycles. The van der Waals surface area contributed by atoms with Crippen molar-refractivity contribution in [3.63, 3.8) is 0 Å². The van der Waals surface area contributed by atoms with Crippen LogP contribution in [0.1, 0.15) is 59.6 Å². The highest BCUT2D eigenvalue weighted by atomic mass is 16.5. The molecule has 2 aliphatic heterocycles. The van der Waals surface area contributed by atoms with Crippen LogP contribution < -0.4 is 10.6 Å². The number of methoxy groups -OCH3 is 1. The standard InChI is InChI=1S/C28H32N4O3/c1-35-17-25-21-14-15-32(26(21)20-10-4-6-12-23(20)30-25)28(34)22-11-5-7-13-24(22)31-27(33)19-9-3-2-8-18(19)16-29/h2-4,6,8-10,12,21-22,24-26,30H,5,7,11,13-15,17H2,1H3,(H,31,33)/t21-,22+,24-,25?,26+/m1/s1. The number of carbonyl (C=O) groups excluding carboxylic acids is 2. The largest absolute Gasteiger partial charge is 0.383 e. The van der Waals surface area contributed by atoms with E-state index in [9.17, 15) is 14.9 Å². The Bertz CT molecular complexity index is 1140. The number of likely N-dealkylation sites (tertiary alicyclic amines) is 1. The zero-order chi connectivity index (χ0) is 24.4. The molecule has 0 bridgehead atoms. The van der Waals surface area contributed by atoms with Gasteiger partial charge in [0.15, 0.2) is 0 Å². The van der Waals surface area contributed by atoms with Crippen LogP contribution in [0.2, 0.25) is 0 Å². The molecule has 2 aromatic carbocycles. The summed E-state index contributed by atoms with van der Waals surface area (Å²) in [6, 6.07) is 17.1. The van der Waals surface area contributed by atoms with Gasteiger partial charge >= 0.3 is 0 Å². The number of fused-ring (bicyclic) bond motifs is 3. The molecular formula is C28H32N4O3. The fourth-order valence-electron chi connectivity index (χ4n) is 6.26. The zero-order valence-electron chi connectivity index (χ0n) is 20.1. The number of carbonyl (C=O) groups is 2. The maximum Gasteiger partial charge on any atom is 0.252 e. The molecule has 35 heavy (non-hydrogen) atoms. The first kappa shape index (κ1) is 23.4. The summed E-state index contributed by atoms with van der Waals surface area (Å²) in [6.45, 7) is 1.30. The summed E-state index contributed by atoms with van der Waals surface area (Å²) in [7, 11) is 1.72. The van der Waals surface area contributed by atoms with E-state index in [0.29, 0.717) is 24.3 Å². The van der Waals surface area contributed by atoms with Crippen LogP contribution in [0.5, 0.6) is 0 Å². The number of para-hydroxylation sites is 1. The minimum Gasteiger partial charge on any atom is -0.383 e. The molecule has 182 valence electrons. The van der Waals surface area contributed by atoms with Gasteiger partial charge < -0.3 is 20.3 Å². The molecule has 0 aromatic heterocycles. The molecule has 7 nitrogen and oxygen atoms in total. The van der Waals surface area contributed by atoms with E-state index in [4.69, 9.17) is 4.74 Å². The summed E-state index contributed by atoms with van der Waals surface area (Å²) in [5.74, 6) is -0.126. The van der Waals surface area contributed by atoms with Crippen molar-refractivity contribution in [1.82, 2.24) is 10.2 Å². The highest BCUT2D eigenvalue weighted by molar-refractivity contribution is 5.97. The van der Waals surface area contributed by atoms with Crippen LogP contribution in [-0.4, -0.2) is 49.1 Å². The highest BCUT2D eigenvalue weighted by Gasteiger charge is 2.48. The molecule has 7 heteroatoms. The fraction of sp³-hybridized carbons (Fsp3) is 0.464. The van der Waals surface area contributed by atoms with Gasteiger partial charge in [-0.05, 0) is 43.0 Å². The average Bonchev–Trinajstić information content (AvgIpc) is 3.35. The van der Waals surface area contributed by atoms with Crippen LogP contribution in [0, 0.1) is 23.2 Å². The second-order valence-electron chi connectivity index (χ2n) is 9.85. The second-order valence-corrected chi connectivity index (χ2v) is 9.85. The van der Waals surface area contributed by atoms with E-state index < -0.39 is 0 Å². The first-order valence-electron chi connectivity index (χ1n) is 12.6. The highest BCUT2D eigenvalue weighted by Crippen LogP contribution is 2.47. The quantitative estimate of drug-likeness (QED) is 0.689. The van der Waals surface area contributed by atoms with E-state index in [1.54, 1.807) is 31.4 Å². The summed E-state index contributed by atoms with van der Waals surface area (Å²) < 4.78 is 5.50. The van der Waals surface area contributed by atoms with E-state index >= 15 is 0 Å². The number of rotatable bonds is 5. The number of nitrogens with zero attached hydrogens (tertiary/aromatic N) is 2. The van der Waals surface area contributed by atoms with Gasteiger partial charge in [-0.2, -0.15) is 5.26 Å². The average molecular weight is 473 g/mol. The van der Waals surface area contributed by atoms with Gasteiger partial charge in [-0.15, -0.1) is 0 Å². The first-order valence-corrected chi connectivity index (χ1v) is 12.6. The van der Waals surface area contributed by atoms with Crippen molar-refractivity contribution in [1.29, 1.82) is 5.26 Å². The lowest BCUT2D eigenvalue weighted by Gasteiger charge is -2.41. The monoisotopic (exact) mass is 472 g/mol. The third-order valence-electron chi connectivity index (χ3n) is 7.90. The number of anilines is 1. The van der Waals surface area contributed by atoms with Gasteiger partial charge in [-0.25, -0.2) is 0 Å². The van der Waals surface area contributed by atoms with Gasteiger partial charge in [0.25, 0.3) is 5.91 Å². The van der Waals surface area contributed by atoms with Gasteiger partial charge in [0.2, 0.25) is 5.91 Å². The Morgan fingerprint density at radius 2 is 1.89 bits per heavy atom. The smallest absolute Gasteiger partial charge is 0.252 e.